The fourth-order valence-electron chi connectivity index (χ4n) is 2.77. The van der Waals surface area contributed by atoms with Crippen molar-refractivity contribution in [2.24, 2.45) is 0 Å². The van der Waals surface area contributed by atoms with Crippen LogP contribution in [0.5, 0.6) is 5.75 Å². The van der Waals surface area contributed by atoms with Crippen LogP contribution >= 0.6 is 0 Å². The third-order valence-electron chi connectivity index (χ3n) is 3.97. The maximum absolute atomic E-state index is 13.0. The van der Waals surface area contributed by atoms with E-state index in [1.165, 1.54) is 13.4 Å². The molecule has 0 spiro atoms. The Morgan fingerprint density at radius 3 is 2.60 bits per heavy atom. The highest BCUT2D eigenvalue weighted by Crippen LogP contribution is 2.27. The zero-order valence-corrected chi connectivity index (χ0v) is 14.0. The Morgan fingerprint density at radius 2 is 1.92 bits per heavy atom. The van der Waals surface area contributed by atoms with Gasteiger partial charge in [0.1, 0.15) is 17.3 Å². The molecule has 0 amide bonds. The Bertz CT molecular complexity index is 943. The monoisotopic (exact) mass is 338 g/mol. The SMILES string of the molecule is CCOC(=O)C(c1ccccc1)c1coc2ccc(OC)cc2c1=O. The summed E-state index contributed by atoms with van der Waals surface area (Å²) in [5, 5.41) is 0.363. The van der Waals surface area contributed by atoms with Crippen LogP contribution in [-0.4, -0.2) is 19.7 Å². The van der Waals surface area contributed by atoms with E-state index in [0.717, 1.165) is 0 Å². The van der Waals surface area contributed by atoms with Crippen LogP contribution in [0.3, 0.4) is 0 Å². The van der Waals surface area contributed by atoms with E-state index in [1.54, 1.807) is 37.3 Å². The summed E-state index contributed by atoms with van der Waals surface area (Å²) in [5.41, 5.74) is 1.08. The van der Waals surface area contributed by atoms with E-state index >= 15 is 0 Å². The first-order valence-electron chi connectivity index (χ1n) is 7.96. The molecule has 0 bridgehead atoms. The van der Waals surface area contributed by atoms with E-state index < -0.39 is 11.9 Å². The van der Waals surface area contributed by atoms with Crippen LogP contribution in [0.1, 0.15) is 24.0 Å². The molecule has 128 valence electrons. The fraction of sp³-hybridized carbons (Fsp3) is 0.200. The molecule has 0 saturated heterocycles. The Hall–Kier alpha value is -3.08. The van der Waals surface area contributed by atoms with Crippen molar-refractivity contribution in [3.63, 3.8) is 0 Å². The summed E-state index contributed by atoms with van der Waals surface area (Å²) in [6, 6.07) is 14.0. The van der Waals surface area contributed by atoms with Gasteiger partial charge in [-0.05, 0) is 30.7 Å². The molecule has 0 saturated carbocycles. The summed E-state index contributed by atoms with van der Waals surface area (Å²) >= 11 is 0. The van der Waals surface area contributed by atoms with Gasteiger partial charge < -0.3 is 13.9 Å². The number of esters is 1. The van der Waals surface area contributed by atoms with Crippen LogP contribution in [0.4, 0.5) is 0 Å². The molecule has 0 aliphatic heterocycles. The van der Waals surface area contributed by atoms with Gasteiger partial charge in [0.2, 0.25) is 0 Å². The van der Waals surface area contributed by atoms with Crippen molar-refractivity contribution in [1.82, 2.24) is 0 Å². The predicted molar refractivity (Wildman–Crippen MR) is 94.0 cm³/mol. The number of hydrogen-bond acceptors (Lipinski definition) is 5. The molecule has 25 heavy (non-hydrogen) atoms. The first-order chi connectivity index (χ1) is 12.2. The topological polar surface area (TPSA) is 65.7 Å². The molecule has 0 aliphatic carbocycles. The molecule has 0 radical (unpaired) electrons. The summed E-state index contributed by atoms with van der Waals surface area (Å²) in [5.74, 6) is -0.777. The number of ether oxygens (including phenoxy) is 2. The molecule has 2 aromatic carbocycles. The lowest BCUT2D eigenvalue weighted by Crippen LogP contribution is -2.23. The van der Waals surface area contributed by atoms with Crippen molar-refractivity contribution in [3.05, 3.63) is 76.1 Å². The summed E-state index contributed by atoms with van der Waals surface area (Å²) in [4.78, 5) is 25.5. The van der Waals surface area contributed by atoms with Crippen LogP contribution in [0.2, 0.25) is 0 Å². The average Bonchev–Trinajstić information content (AvgIpc) is 2.65. The Labute approximate surface area is 144 Å². The Kier molecular flexibility index (Phi) is 4.84. The molecular weight excluding hydrogens is 320 g/mol. The van der Waals surface area contributed by atoms with E-state index in [2.05, 4.69) is 0 Å². The largest absolute Gasteiger partial charge is 0.497 e. The minimum Gasteiger partial charge on any atom is -0.497 e. The van der Waals surface area contributed by atoms with Crippen molar-refractivity contribution >= 4 is 16.9 Å². The van der Waals surface area contributed by atoms with Gasteiger partial charge in [0.15, 0.2) is 5.43 Å². The molecule has 3 aromatic rings. The van der Waals surface area contributed by atoms with E-state index in [1.807, 2.05) is 18.2 Å². The summed E-state index contributed by atoms with van der Waals surface area (Å²) in [6.07, 6.45) is 1.34. The minimum atomic E-state index is -0.840. The van der Waals surface area contributed by atoms with Gasteiger partial charge in [-0.25, -0.2) is 0 Å². The number of fused-ring (bicyclic) bond motifs is 1. The van der Waals surface area contributed by atoms with Gasteiger partial charge in [0.25, 0.3) is 0 Å². The molecule has 3 rings (SSSR count). The van der Waals surface area contributed by atoms with Crippen molar-refractivity contribution in [1.29, 1.82) is 0 Å². The van der Waals surface area contributed by atoms with Crippen molar-refractivity contribution in [2.75, 3.05) is 13.7 Å². The van der Waals surface area contributed by atoms with Crippen LogP contribution in [0, 0.1) is 0 Å². The van der Waals surface area contributed by atoms with E-state index in [4.69, 9.17) is 13.9 Å². The maximum atomic E-state index is 13.0. The minimum absolute atomic E-state index is 0.231. The second-order valence-electron chi connectivity index (χ2n) is 5.48. The average molecular weight is 338 g/mol. The molecule has 0 aliphatic rings. The molecule has 5 heteroatoms. The summed E-state index contributed by atoms with van der Waals surface area (Å²) in [7, 11) is 1.53. The number of methoxy groups -OCH3 is 1. The number of carbonyl (C=O) groups excluding carboxylic acids is 1. The number of carbonyl (C=O) groups is 1. The third-order valence-corrected chi connectivity index (χ3v) is 3.97. The van der Waals surface area contributed by atoms with Gasteiger partial charge in [-0.3, -0.25) is 9.59 Å². The molecular formula is C20H18O5. The highest BCUT2D eigenvalue weighted by molar-refractivity contribution is 5.85. The first kappa shape index (κ1) is 16.8. The summed E-state index contributed by atoms with van der Waals surface area (Å²) in [6.45, 7) is 1.96. The van der Waals surface area contributed by atoms with Gasteiger partial charge in [-0.15, -0.1) is 0 Å². The normalized spacial score (nSPS) is 11.9. The van der Waals surface area contributed by atoms with Gasteiger partial charge in [0.05, 0.1) is 30.9 Å². The quantitative estimate of drug-likeness (QED) is 0.666. The fourth-order valence-corrected chi connectivity index (χ4v) is 2.77. The Balaban J connectivity index is 2.20. The first-order valence-corrected chi connectivity index (χ1v) is 7.96. The lowest BCUT2D eigenvalue weighted by molar-refractivity contribution is -0.143. The van der Waals surface area contributed by atoms with E-state index in [0.29, 0.717) is 22.3 Å². The van der Waals surface area contributed by atoms with E-state index in [-0.39, 0.29) is 17.6 Å². The van der Waals surface area contributed by atoms with E-state index in [9.17, 15) is 9.59 Å². The lowest BCUT2D eigenvalue weighted by atomic mass is 9.91. The lowest BCUT2D eigenvalue weighted by Gasteiger charge is -2.16. The second kappa shape index (κ2) is 7.21. The molecule has 1 aromatic heterocycles. The van der Waals surface area contributed by atoms with Crippen LogP contribution in [0.25, 0.3) is 11.0 Å². The van der Waals surface area contributed by atoms with Gasteiger partial charge in [-0.2, -0.15) is 0 Å². The van der Waals surface area contributed by atoms with Crippen LogP contribution < -0.4 is 10.2 Å². The number of rotatable bonds is 5. The predicted octanol–water partition coefficient (Wildman–Crippen LogP) is 3.50. The summed E-state index contributed by atoms with van der Waals surface area (Å²) < 4.78 is 15.9. The zero-order chi connectivity index (χ0) is 17.8. The zero-order valence-electron chi connectivity index (χ0n) is 14.0. The van der Waals surface area contributed by atoms with Gasteiger partial charge >= 0.3 is 5.97 Å². The molecule has 0 N–H and O–H groups in total. The molecule has 1 unspecified atom stereocenters. The molecule has 5 nitrogen and oxygen atoms in total. The molecule has 1 heterocycles. The molecule has 0 fully saturated rings. The maximum Gasteiger partial charge on any atom is 0.318 e. The third kappa shape index (κ3) is 3.26. The van der Waals surface area contributed by atoms with Crippen molar-refractivity contribution < 1.29 is 18.7 Å². The smallest absolute Gasteiger partial charge is 0.318 e. The van der Waals surface area contributed by atoms with Crippen LogP contribution in [-0.2, 0) is 9.53 Å². The highest BCUT2D eigenvalue weighted by atomic mass is 16.5. The number of benzene rings is 2. The Morgan fingerprint density at radius 1 is 1.16 bits per heavy atom. The molecule has 1 atom stereocenters. The van der Waals surface area contributed by atoms with Crippen molar-refractivity contribution in [3.8, 4) is 5.75 Å². The second-order valence-corrected chi connectivity index (χ2v) is 5.48. The standard InChI is InChI=1S/C20H18O5/c1-3-24-20(22)18(13-7-5-4-6-8-13)16-12-25-17-10-9-14(23-2)11-15(17)19(16)21/h4-12,18H,3H2,1-2H3. The van der Waals surface area contributed by atoms with Crippen molar-refractivity contribution in [2.45, 2.75) is 12.8 Å². The van der Waals surface area contributed by atoms with Gasteiger partial charge in [-0.1, -0.05) is 30.3 Å². The van der Waals surface area contributed by atoms with Gasteiger partial charge in [0, 0.05) is 0 Å². The van der Waals surface area contributed by atoms with Crippen LogP contribution in [0.15, 0.2) is 64.0 Å². The number of hydrogen-bond donors (Lipinski definition) is 0. The highest BCUT2D eigenvalue weighted by Gasteiger charge is 2.28.